The Labute approximate surface area is 142 Å². The van der Waals surface area contributed by atoms with Crippen LogP contribution in [0.3, 0.4) is 0 Å². The molecule has 3 unspecified atom stereocenters. The Morgan fingerprint density at radius 3 is 2.59 bits per heavy atom. The molecule has 2 saturated heterocycles. The van der Waals surface area contributed by atoms with E-state index in [2.05, 4.69) is 31.9 Å². The number of fused-ring (bicyclic) bond motifs is 2. The van der Waals surface area contributed by atoms with E-state index in [1.54, 1.807) is 13.0 Å². The summed E-state index contributed by atoms with van der Waals surface area (Å²) in [7, 11) is 0. The van der Waals surface area contributed by atoms with Crippen molar-refractivity contribution >= 4 is 39.1 Å². The van der Waals surface area contributed by atoms with Crippen LogP contribution in [-0.2, 0) is 4.79 Å². The quantitative estimate of drug-likeness (QED) is 0.742. The first kappa shape index (κ1) is 16.0. The average molecular weight is 386 g/mol. The molecule has 5 nitrogen and oxygen atoms in total. The molecule has 22 heavy (non-hydrogen) atoms. The van der Waals surface area contributed by atoms with Gasteiger partial charge in [0.1, 0.15) is 6.04 Å². The molecule has 0 saturated carbocycles. The van der Waals surface area contributed by atoms with E-state index < -0.39 is 6.04 Å². The van der Waals surface area contributed by atoms with Crippen molar-refractivity contribution in [2.45, 2.75) is 56.8 Å². The molecule has 0 aromatic carbocycles. The number of hydrogen-bond acceptors (Lipinski definition) is 4. The average Bonchev–Trinajstić information content (AvgIpc) is 3.05. The van der Waals surface area contributed by atoms with Gasteiger partial charge in [0.15, 0.2) is 0 Å². The minimum absolute atomic E-state index is 0.102. The number of hydrogen-bond donors (Lipinski definition) is 3. The molecule has 7 heteroatoms. The van der Waals surface area contributed by atoms with Gasteiger partial charge in [-0.3, -0.25) is 9.59 Å². The van der Waals surface area contributed by atoms with Crippen molar-refractivity contribution in [3.63, 3.8) is 0 Å². The summed E-state index contributed by atoms with van der Waals surface area (Å²) in [6.45, 7) is 1.73. The first-order valence-electron chi connectivity index (χ1n) is 7.64. The van der Waals surface area contributed by atoms with Crippen LogP contribution in [0.5, 0.6) is 0 Å². The fraction of sp³-hybridized carbons (Fsp3) is 0.600. The Morgan fingerprint density at radius 1 is 1.32 bits per heavy atom. The highest BCUT2D eigenvalue weighted by Gasteiger charge is 2.34. The number of carbonyl (C=O) groups excluding carboxylic acids is 2. The van der Waals surface area contributed by atoms with Gasteiger partial charge >= 0.3 is 0 Å². The number of nitrogens with one attached hydrogen (secondary N) is 3. The molecule has 3 rings (SSSR count). The zero-order valence-electron chi connectivity index (χ0n) is 12.4. The van der Waals surface area contributed by atoms with E-state index in [0.29, 0.717) is 17.0 Å². The monoisotopic (exact) mass is 385 g/mol. The minimum atomic E-state index is -0.527. The summed E-state index contributed by atoms with van der Waals surface area (Å²) in [5, 5.41) is 9.40. The number of rotatable bonds is 4. The second-order valence-electron chi connectivity index (χ2n) is 6.11. The highest BCUT2D eigenvalue weighted by atomic mass is 79.9. The molecule has 3 N–H and O–H groups in total. The van der Waals surface area contributed by atoms with Crippen molar-refractivity contribution in [1.29, 1.82) is 0 Å². The molecular weight excluding hydrogens is 366 g/mol. The van der Waals surface area contributed by atoms with Crippen LogP contribution in [0.25, 0.3) is 0 Å². The number of amides is 2. The molecule has 2 aliphatic rings. The molecule has 0 radical (unpaired) electrons. The van der Waals surface area contributed by atoms with E-state index in [0.717, 1.165) is 16.6 Å². The van der Waals surface area contributed by atoms with E-state index in [9.17, 15) is 9.59 Å². The fourth-order valence-corrected chi connectivity index (χ4v) is 4.56. The second kappa shape index (κ2) is 6.68. The Morgan fingerprint density at radius 2 is 2.00 bits per heavy atom. The van der Waals surface area contributed by atoms with Crippen molar-refractivity contribution in [2.24, 2.45) is 0 Å². The first-order valence-corrected chi connectivity index (χ1v) is 9.25. The van der Waals surface area contributed by atoms with Gasteiger partial charge in [-0.1, -0.05) is 0 Å². The minimum Gasteiger partial charge on any atom is -0.351 e. The van der Waals surface area contributed by atoms with Crippen molar-refractivity contribution in [1.82, 2.24) is 16.0 Å². The normalized spacial score (nSPS) is 28.2. The highest BCUT2D eigenvalue weighted by Crippen LogP contribution is 2.26. The third-order valence-corrected chi connectivity index (χ3v) is 5.98. The number of halogens is 1. The lowest BCUT2D eigenvalue weighted by molar-refractivity contribution is -0.123. The van der Waals surface area contributed by atoms with E-state index in [1.807, 2.05) is 6.07 Å². The summed E-state index contributed by atoms with van der Waals surface area (Å²) in [6, 6.07) is 4.35. The van der Waals surface area contributed by atoms with Crippen LogP contribution < -0.4 is 16.0 Å². The summed E-state index contributed by atoms with van der Waals surface area (Å²) in [5.41, 5.74) is 0. The lowest BCUT2D eigenvalue weighted by atomic mass is 9.99. The maximum Gasteiger partial charge on any atom is 0.262 e. The molecule has 1 aromatic rings. The van der Waals surface area contributed by atoms with Crippen LogP contribution in [0.1, 0.15) is 42.3 Å². The maximum atomic E-state index is 12.3. The van der Waals surface area contributed by atoms with E-state index in [-0.39, 0.29) is 17.9 Å². The van der Waals surface area contributed by atoms with E-state index >= 15 is 0 Å². The second-order valence-corrected chi connectivity index (χ2v) is 8.58. The van der Waals surface area contributed by atoms with Crippen LogP contribution in [-0.4, -0.2) is 36.0 Å². The molecule has 0 spiro atoms. The first-order chi connectivity index (χ1) is 10.5. The zero-order valence-corrected chi connectivity index (χ0v) is 14.8. The van der Waals surface area contributed by atoms with Gasteiger partial charge in [-0.05, 0) is 60.7 Å². The number of carbonyl (C=O) groups is 2. The lowest BCUT2D eigenvalue weighted by Crippen LogP contribution is -2.52. The third-order valence-electron chi connectivity index (χ3n) is 4.36. The molecule has 3 atom stereocenters. The molecule has 3 heterocycles. The van der Waals surface area contributed by atoms with Gasteiger partial charge in [0.05, 0.1) is 8.66 Å². The van der Waals surface area contributed by atoms with Gasteiger partial charge in [0.2, 0.25) is 5.91 Å². The zero-order chi connectivity index (χ0) is 15.7. The SMILES string of the molecule is CC(NC(=O)c1ccc(Br)s1)C(=O)NC1CC2CCC(C1)N2. The van der Waals surface area contributed by atoms with Crippen LogP contribution in [0.15, 0.2) is 15.9 Å². The Bertz CT molecular complexity index is 565. The van der Waals surface area contributed by atoms with Crippen molar-refractivity contribution in [3.8, 4) is 0 Å². The Kier molecular flexibility index (Phi) is 4.84. The topological polar surface area (TPSA) is 70.2 Å². The molecule has 2 fully saturated rings. The smallest absolute Gasteiger partial charge is 0.262 e. The summed E-state index contributed by atoms with van der Waals surface area (Å²) in [4.78, 5) is 24.9. The van der Waals surface area contributed by atoms with E-state index in [4.69, 9.17) is 0 Å². The Hall–Kier alpha value is -0.920. The molecule has 120 valence electrons. The van der Waals surface area contributed by atoms with Crippen LogP contribution in [0.2, 0.25) is 0 Å². The molecular formula is C15H20BrN3O2S. The van der Waals surface area contributed by atoms with E-state index in [1.165, 1.54) is 24.2 Å². The van der Waals surface area contributed by atoms with Gasteiger partial charge in [0.25, 0.3) is 5.91 Å². The molecule has 2 amide bonds. The maximum absolute atomic E-state index is 12.3. The summed E-state index contributed by atoms with van der Waals surface area (Å²) in [6.07, 6.45) is 4.38. The number of thiophene rings is 1. The lowest BCUT2D eigenvalue weighted by Gasteiger charge is -2.30. The molecule has 0 aliphatic carbocycles. The van der Waals surface area contributed by atoms with Crippen LogP contribution >= 0.6 is 27.3 Å². The van der Waals surface area contributed by atoms with Gasteiger partial charge in [0, 0.05) is 18.1 Å². The molecule has 2 bridgehead atoms. The molecule has 1 aromatic heterocycles. The predicted molar refractivity (Wildman–Crippen MR) is 90.1 cm³/mol. The summed E-state index contributed by atoms with van der Waals surface area (Å²) >= 11 is 4.69. The van der Waals surface area contributed by atoms with Crippen LogP contribution in [0.4, 0.5) is 0 Å². The largest absolute Gasteiger partial charge is 0.351 e. The van der Waals surface area contributed by atoms with Gasteiger partial charge in [-0.25, -0.2) is 0 Å². The van der Waals surface area contributed by atoms with Crippen molar-refractivity contribution in [3.05, 3.63) is 20.8 Å². The Balaban J connectivity index is 1.50. The predicted octanol–water partition coefficient (Wildman–Crippen LogP) is 2.03. The van der Waals surface area contributed by atoms with Crippen molar-refractivity contribution in [2.75, 3.05) is 0 Å². The number of piperidine rings is 1. The van der Waals surface area contributed by atoms with Crippen LogP contribution in [0, 0.1) is 0 Å². The summed E-state index contributed by atoms with van der Waals surface area (Å²) in [5.74, 6) is -0.306. The van der Waals surface area contributed by atoms with Gasteiger partial charge in [-0.15, -0.1) is 11.3 Å². The van der Waals surface area contributed by atoms with Gasteiger partial charge < -0.3 is 16.0 Å². The van der Waals surface area contributed by atoms with Gasteiger partial charge in [-0.2, -0.15) is 0 Å². The fourth-order valence-electron chi connectivity index (χ4n) is 3.27. The summed E-state index contributed by atoms with van der Waals surface area (Å²) < 4.78 is 0.903. The van der Waals surface area contributed by atoms with Crippen molar-refractivity contribution < 1.29 is 9.59 Å². The third kappa shape index (κ3) is 3.70. The standard InChI is InChI=1S/C15H20BrN3O2S/c1-8(17-15(21)12-4-5-13(16)22-12)14(20)19-11-6-9-2-3-10(7-11)18-9/h4-5,8-11,18H,2-3,6-7H2,1H3,(H,17,21)(H,19,20). The highest BCUT2D eigenvalue weighted by molar-refractivity contribution is 9.11. The molecule has 2 aliphatic heterocycles.